The van der Waals surface area contributed by atoms with Gasteiger partial charge in [-0.1, -0.05) is 23.8 Å². The van der Waals surface area contributed by atoms with Crippen LogP contribution in [0.1, 0.15) is 43.6 Å². The summed E-state index contributed by atoms with van der Waals surface area (Å²) in [5.74, 6) is 0. The molecule has 0 aromatic heterocycles. The molecule has 1 fully saturated rings. The van der Waals surface area contributed by atoms with E-state index in [2.05, 4.69) is 36.9 Å². The number of benzene rings is 1. The zero-order valence-corrected chi connectivity index (χ0v) is 15.1. The molecular formula is C19H31NO3. The monoisotopic (exact) mass is 321 g/mol. The summed E-state index contributed by atoms with van der Waals surface area (Å²) in [6.45, 7) is 13.6. The molecule has 0 saturated carbocycles. The lowest BCUT2D eigenvalue weighted by Crippen LogP contribution is -2.44. The molecule has 0 bridgehead atoms. The molecule has 0 radical (unpaired) electrons. The van der Waals surface area contributed by atoms with Crippen molar-refractivity contribution in [3.63, 3.8) is 0 Å². The van der Waals surface area contributed by atoms with Gasteiger partial charge in [-0.3, -0.25) is 4.90 Å². The number of nitrogens with zero attached hydrogens (tertiary/aromatic N) is 1. The van der Waals surface area contributed by atoms with E-state index in [4.69, 9.17) is 9.47 Å². The minimum atomic E-state index is -0.466. The highest BCUT2D eigenvalue weighted by Gasteiger charge is 2.25. The minimum Gasteiger partial charge on any atom is -0.389 e. The normalized spacial score (nSPS) is 21.4. The first-order valence-corrected chi connectivity index (χ1v) is 8.48. The van der Waals surface area contributed by atoms with Gasteiger partial charge in [-0.2, -0.15) is 0 Å². The number of aryl methyl sites for hydroxylation is 2. The summed E-state index contributed by atoms with van der Waals surface area (Å²) in [5, 5.41) is 10.2. The Hall–Kier alpha value is -0.940. The SMILES string of the molecule is Cc1ccc(C2CN(CC(O)COC(C)(C)C)CCO2)c(C)c1. The van der Waals surface area contributed by atoms with E-state index in [-0.39, 0.29) is 11.7 Å². The van der Waals surface area contributed by atoms with Crippen molar-refractivity contribution in [2.45, 2.75) is 52.4 Å². The fourth-order valence-corrected chi connectivity index (χ4v) is 2.94. The average Bonchev–Trinajstić information content (AvgIpc) is 2.45. The first-order valence-electron chi connectivity index (χ1n) is 8.48. The summed E-state index contributed by atoms with van der Waals surface area (Å²) in [7, 11) is 0. The van der Waals surface area contributed by atoms with Crippen molar-refractivity contribution in [2.75, 3.05) is 32.8 Å². The van der Waals surface area contributed by atoms with Crippen LogP contribution >= 0.6 is 0 Å². The first-order chi connectivity index (χ1) is 10.7. The predicted octanol–water partition coefficient (Wildman–Crippen LogP) is 2.85. The number of hydrogen-bond acceptors (Lipinski definition) is 4. The Balaban J connectivity index is 1.90. The van der Waals surface area contributed by atoms with Crippen molar-refractivity contribution in [3.05, 3.63) is 34.9 Å². The van der Waals surface area contributed by atoms with E-state index in [1.807, 2.05) is 20.8 Å². The number of β-amino-alcohol motifs (C(OH)–C–C–N with tert-alkyl or cyclic N) is 1. The zero-order chi connectivity index (χ0) is 17.0. The Kier molecular flexibility index (Phi) is 6.20. The highest BCUT2D eigenvalue weighted by molar-refractivity contribution is 5.32. The van der Waals surface area contributed by atoms with E-state index in [0.29, 0.717) is 19.8 Å². The number of rotatable bonds is 5. The van der Waals surface area contributed by atoms with Crippen LogP contribution < -0.4 is 0 Å². The van der Waals surface area contributed by atoms with E-state index >= 15 is 0 Å². The maximum atomic E-state index is 10.2. The van der Waals surface area contributed by atoms with Crippen LogP contribution in [-0.2, 0) is 9.47 Å². The molecule has 2 atom stereocenters. The van der Waals surface area contributed by atoms with Gasteiger partial charge in [0.25, 0.3) is 0 Å². The quantitative estimate of drug-likeness (QED) is 0.905. The molecule has 0 amide bonds. The Morgan fingerprint density at radius 3 is 2.74 bits per heavy atom. The van der Waals surface area contributed by atoms with Crippen LogP contribution in [0.5, 0.6) is 0 Å². The number of ether oxygens (including phenoxy) is 2. The van der Waals surface area contributed by atoms with Crippen LogP contribution in [0.25, 0.3) is 0 Å². The molecule has 0 aliphatic carbocycles. The largest absolute Gasteiger partial charge is 0.389 e. The second-order valence-electron chi connectivity index (χ2n) is 7.56. The smallest absolute Gasteiger partial charge is 0.0954 e. The maximum absolute atomic E-state index is 10.2. The summed E-state index contributed by atoms with van der Waals surface area (Å²) < 4.78 is 11.6. The fourth-order valence-electron chi connectivity index (χ4n) is 2.94. The molecule has 23 heavy (non-hydrogen) atoms. The summed E-state index contributed by atoms with van der Waals surface area (Å²) in [5.41, 5.74) is 3.58. The van der Waals surface area contributed by atoms with Crippen molar-refractivity contribution < 1.29 is 14.6 Å². The van der Waals surface area contributed by atoms with Gasteiger partial charge in [-0.25, -0.2) is 0 Å². The Labute approximate surface area is 140 Å². The topological polar surface area (TPSA) is 41.9 Å². The van der Waals surface area contributed by atoms with Gasteiger partial charge in [-0.05, 0) is 45.7 Å². The van der Waals surface area contributed by atoms with Crippen molar-refractivity contribution in [1.82, 2.24) is 4.90 Å². The molecule has 130 valence electrons. The van der Waals surface area contributed by atoms with Gasteiger partial charge in [0.05, 0.1) is 31.0 Å². The van der Waals surface area contributed by atoms with Gasteiger partial charge in [-0.15, -0.1) is 0 Å². The number of aliphatic hydroxyl groups excluding tert-OH is 1. The van der Waals surface area contributed by atoms with E-state index in [1.54, 1.807) is 0 Å². The lowest BCUT2D eigenvalue weighted by molar-refractivity contribution is -0.0758. The Bertz CT molecular complexity index is 510. The number of morpholine rings is 1. The molecule has 2 rings (SSSR count). The van der Waals surface area contributed by atoms with E-state index in [9.17, 15) is 5.11 Å². The van der Waals surface area contributed by atoms with Crippen LogP contribution in [0.2, 0.25) is 0 Å². The fraction of sp³-hybridized carbons (Fsp3) is 0.684. The molecule has 1 heterocycles. The first kappa shape index (κ1) is 18.4. The van der Waals surface area contributed by atoms with Crippen molar-refractivity contribution >= 4 is 0 Å². The Morgan fingerprint density at radius 2 is 2.09 bits per heavy atom. The lowest BCUT2D eigenvalue weighted by atomic mass is 10.00. The number of hydrogen-bond donors (Lipinski definition) is 1. The third kappa shape index (κ3) is 5.88. The third-order valence-electron chi connectivity index (χ3n) is 4.10. The molecule has 4 heteroatoms. The van der Waals surface area contributed by atoms with E-state index in [1.165, 1.54) is 16.7 Å². The molecule has 1 saturated heterocycles. The van der Waals surface area contributed by atoms with Gasteiger partial charge in [0.1, 0.15) is 0 Å². The summed E-state index contributed by atoms with van der Waals surface area (Å²) in [6, 6.07) is 6.50. The summed E-state index contributed by atoms with van der Waals surface area (Å²) in [4.78, 5) is 2.27. The van der Waals surface area contributed by atoms with Gasteiger partial charge >= 0.3 is 0 Å². The van der Waals surface area contributed by atoms with Gasteiger partial charge in [0, 0.05) is 19.6 Å². The summed E-state index contributed by atoms with van der Waals surface area (Å²) in [6.07, 6.45) is -0.382. The number of aliphatic hydroxyl groups is 1. The molecule has 1 aromatic rings. The second kappa shape index (κ2) is 7.75. The van der Waals surface area contributed by atoms with Gasteiger partial charge < -0.3 is 14.6 Å². The van der Waals surface area contributed by atoms with Gasteiger partial charge in [0.2, 0.25) is 0 Å². The summed E-state index contributed by atoms with van der Waals surface area (Å²) >= 11 is 0. The average molecular weight is 321 g/mol. The van der Waals surface area contributed by atoms with Crippen molar-refractivity contribution in [1.29, 1.82) is 0 Å². The highest BCUT2D eigenvalue weighted by Crippen LogP contribution is 2.26. The van der Waals surface area contributed by atoms with Crippen LogP contribution in [0.4, 0.5) is 0 Å². The molecule has 4 nitrogen and oxygen atoms in total. The van der Waals surface area contributed by atoms with Crippen LogP contribution in [0.3, 0.4) is 0 Å². The standard InChI is InChI=1S/C19H31NO3/c1-14-6-7-17(15(2)10-14)18-12-20(8-9-22-18)11-16(21)13-23-19(3,4)5/h6-7,10,16,18,21H,8-9,11-13H2,1-5H3. The maximum Gasteiger partial charge on any atom is 0.0954 e. The molecule has 1 aromatic carbocycles. The zero-order valence-electron chi connectivity index (χ0n) is 15.1. The van der Waals surface area contributed by atoms with Crippen molar-refractivity contribution in [3.8, 4) is 0 Å². The molecule has 1 N–H and O–H groups in total. The Morgan fingerprint density at radius 1 is 1.35 bits per heavy atom. The van der Waals surface area contributed by atoms with E-state index < -0.39 is 6.10 Å². The molecule has 1 aliphatic rings. The second-order valence-corrected chi connectivity index (χ2v) is 7.56. The minimum absolute atomic E-state index is 0.0834. The van der Waals surface area contributed by atoms with Crippen LogP contribution in [0, 0.1) is 13.8 Å². The molecular weight excluding hydrogens is 290 g/mol. The molecule has 2 unspecified atom stereocenters. The van der Waals surface area contributed by atoms with Crippen molar-refractivity contribution in [2.24, 2.45) is 0 Å². The van der Waals surface area contributed by atoms with E-state index in [0.717, 1.165) is 13.1 Å². The highest BCUT2D eigenvalue weighted by atomic mass is 16.5. The molecule has 1 aliphatic heterocycles. The van der Waals surface area contributed by atoms with Crippen LogP contribution in [0.15, 0.2) is 18.2 Å². The third-order valence-corrected chi connectivity index (χ3v) is 4.10. The lowest BCUT2D eigenvalue weighted by Gasteiger charge is -2.35. The predicted molar refractivity (Wildman–Crippen MR) is 92.8 cm³/mol. The molecule has 0 spiro atoms. The van der Waals surface area contributed by atoms with Gasteiger partial charge in [0.15, 0.2) is 0 Å². The van der Waals surface area contributed by atoms with Crippen LogP contribution in [-0.4, -0.2) is 54.6 Å².